The quantitative estimate of drug-likeness (QED) is 0.871. The third-order valence-electron chi connectivity index (χ3n) is 3.34. The van der Waals surface area contributed by atoms with E-state index in [1.807, 2.05) is 0 Å². The summed E-state index contributed by atoms with van der Waals surface area (Å²) in [6.07, 6.45) is -4.43. The van der Waals surface area contributed by atoms with Crippen LogP contribution in [-0.4, -0.2) is 53.1 Å². The molecule has 1 fully saturated rings. The summed E-state index contributed by atoms with van der Waals surface area (Å²) in [6.45, 7) is -1.45. The minimum atomic E-state index is -4.50. The van der Waals surface area contributed by atoms with Gasteiger partial charge in [0, 0.05) is 12.1 Å². The lowest BCUT2D eigenvalue weighted by Gasteiger charge is -2.18. The molecule has 124 valence electrons. The number of carboxylic acid groups (broad SMARTS) is 1. The minimum absolute atomic E-state index is 0.0203. The van der Waals surface area contributed by atoms with Crippen LogP contribution in [0.4, 0.5) is 13.2 Å². The maximum absolute atomic E-state index is 12.3. The van der Waals surface area contributed by atoms with Crippen molar-refractivity contribution in [3.05, 3.63) is 35.4 Å². The molecule has 9 heteroatoms. The molecule has 0 bridgehead atoms. The maximum Gasteiger partial charge on any atom is 0.406 e. The van der Waals surface area contributed by atoms with Gasteiger partial charge in [-0.05, 0) is 24.6 Å². The van der Waals surface area contributed by atoms with Crippen molar-refractivity contribution in [2.45, 2.75) is 18.6 Å². The first-order valence-corrected chi connectivity index (χ1v) is 6.67. The summed E-state index contributed by atoms with van der Waals surface area (Å²) in [7, 11) is 0. The standard InChI is InChI=1S/C14H13F3N2O4/c15-14(16,17)7-19-5-4-10(12(19)21)18-11(20)8-2-1-3-9(6-8)13(22)23/h1-3,6,10H,4-5,7H2,(H,18,20)(H,22,23)/t10-/m1/s1. The van der Waals surface area contributed by atoms with Gasteiger partial charge < -0.3 is 15.3 Å². The van der Waals surface area contributed by atoms with Crippen LogP contribution in [0.25, 0.3) is 0 Å². The van der Waals surface area contributed by atoms with E-state index in [1.165, 1.54) is 18.2 Å². The molecule has 1 heterocycles. The van der Waals surface area contributed by atoms with Crippen molar-refractivity contribution >= 4 is 17.8 Å². The number of carbonyl (C=O) groups excluding carboxylic acids is 2. The fourth-order valence-corrected chi connectivity index (χ4v) is 2.28. The Morgan fingerprint density at radius 1 is 1.30 bits per heavy atom. The Hall–Kier alpha value is -2.58. The number of hydrogen-bond acceptors (Lipinski definition) is 3. The van der Waals surface area contributed by atoms with Crippen LogP contribution in [0, 0.1) is 0 Å². The number of aromatic carboxylic acids is 1. The lowest BCUT2D eigenvalue weighted by atomic mass is 10.1. The van der Waals surface area contributed by atoms with Gasteiger partial charge in [0.15, 0.2) is 0 Å². The van der Waals surface area contributed by atoms with Crippen LogP contribution in [0.1, 0.15) is 27.1 Å². The highest BCUT2D eigenvalue weighted by Gasteiger charge is 2.39. The fraction of sp³-hybridized carbons (Fsp3) is 0.357. The molecule has 0 aliphatic carbocycles. The molecule has 1 atom stereocenters. The summed E-state index contributed by atoms with van der Waals surface area (Å²) >= 11 is 0. The van der Waals surface area contributed by atoms with E-state index >= 15 is 0 Å². The molecule has 1 aliphatic heterocycles. The summed E-state index contributed by atoms with van der Waals surface area (Å²) in [4.78, 5) is 35.3. The Balaban J connectivity index is 2.02. The summed E-state index contributed by atoms with van der Waals surface area (Å²) in [5, 5.41) is 11.2. The van der Waals surface area contributed by atoms with Crippen molar-refractivity contribution in [3.63, 3.8) is 0 Å². The number of rotatable bonds is 4. The van der Waals surface area contributed by atoms with Crippen LogP contribution in [0.5, 0.6) is 0 Å². The molecule has 23 heavy (non-hydrogen) atoms. The van der Waals surface area contributed by atoms with Gasteiger partial charge in [-0.3, -0.25) is 9.59 Å². The number of alkyl halides is 3. The Kier molecular flexibility index (Phi) is 4.57. The van der Waals surface area contributed by atoms with Gasteiger partial charge in [-0.1, -0.05) is 6.07 Å². The van der Waals surface area contributed by atoms with Gasteiger partial charge in [0.05, 0.1) is 5.56 Å². The molecule has 0 unspecified atom stereocenters. The van der Waals surface area contributed by atoms with E-state index in [-0.39, 0.29) is 24.1 Å². The first kappa shape index (κ1) is 16.8. The summed E-state index contributed by atoms with van der Waals surface area (Å²) < 4.78 is 37.0. The van der Waals surface area contributed by atoms with E-state index in [1.54, 1.807) is 0 Å². The molecule has 1 aliphatic rings. The number of carboxylic acids is 1. The van der Waals surface area contributed by atoms with Gasteiger partial charge in [-0.25, -0.2) is 4.79 Å². The molecule has 0 radical (unpaired) electrons. The van der Waals surface area contributed by atoms with Gasteiger partial charge >= 0.3 is 12.1 Å². The fourth-order valence-electron chi connectivity index (χ4n) is 2.28. The van der Waals surface area contributed by atoms with Crippen LogP contribution in [0.3, 0.4) is 0 Å². The molecular formula is C14H13F3N2O4. The highest BCUT2D eigenvalue weighted by Crippen LogP contribution is 2.21. The molecule has 0 spiro atoms. The molecular weight excluding hydrogens is 317 g/mol. The van der Waals surface area contributed by atoms with Crippen molar-refractivity contribution in [2.75, 3.05) is 13.1 Å². The molecule has 6 nitrogen and oxygen atoms in total. The number of nitrogens with zero attached hydrogens (tertiary/aromatic N) is 1. The average molecular weight is 330 g/mol. The summed E-state index contributed by atoms with van der Waals surface area (Å²) in [5.41, 5.74) is -0.0823. The number of carbonyl (C=O) groups is 3. The lowest BCUT2D eigenvalue weighted by molar-refractivity contribution is -0.157. The van der Waals surface area contributed by atoms with E-state index in [0.29, 0.717) is 4.90 Å². The zero-order valence-corrected chi connectivity index (χ0v) is 11.8. The number of likely N-dealkylation sites (tertiary alicyclic amines) is 1. The second-order valence-corrected chi connectivity index (χ2v) is 5.08. The van der Waals surface area contributed by atoms with E-state index in [0.717, 1.165) is 6.07 Å². The minimum Gasteiger partial charge on any atom is -0.478 e. The molecule has 1 saturated heterocycles. The van der Waals surface area contributed by atoms with Crippen molar-refractivity contribution in [3.8, 4) is 0 Å². The summed E-state index contributed by atoms with van der Waals surface area (Å²) in [6, 6.07) is 4.10. The van der Waals surface area contributed by atoms with Crippen LogP contribution in [-0.2, 0) is 4.79 Å². The van der Waals surface area contributed by atoms with Crippen molar-refractivity contribution in [2.24, 2.45) is 0 Å². The molecule has 0 saturated carbocycles. The van der Waals surface area contributed by atoms with Crippen LogP contribution in [0.2, 0.25) is 0 Å². The normalized spacial score (nSPS) is 18.1. The largest absolute Gasteiger partial charge is 0.478 e. The molecule has 2 rings (SSSR count). The van der Waals surface area contributed by atoms with Crippen LogP contribution in [0.15, 0.2) is 24.3 Å². The highest BCUT2D eigenvalue weighted by molar-refractivity contribution is 6.00. The van der Waals surface area contributed by atoms with Gasteiger partial charge in [0.2, 0.25) is 5.91 Å². The number of benzene rings is 1. The SMILES string of the molecule is O=C(O)c1cccc(C(=O)N[C@@H]2CCN(CC(F)(F)F)C2=O)c1. The molecule has 1 aromatic carbocycles. The average Bonchev–Trinajstić information content (AvgIpc) is 2.78. The van der Waals surface area contributed by atoms with Crippen molar-refractivity contribution in [1.82, 2.24) is 10.2 Å². The van der Waals surface area contributed by atoms with E-state index in [2.05, 4.69) is 5.32 Å². The number of hydrogen-bond donors (Lipinski definition) is 2. The predicted molar refractivity (Wildman–Crippen MR) is 71.9 cm³/mol. The summed E-state index contributed by atoms with van der Waals surface area (Å²) in [5.74, 6) is -2.72. The first-order valence-electron chi connectivity index (χ1n) is 6.67. The van der Waals surface area contributed by atoms with Gasteiger partial charge in [0.25, 0.3) is 5.91 Å². The Labute approximate surface area is 128 Å². The van der Waals surface area contributed by atoms with Crippen LogP contribution < -0.4 is 5.32 Å². The third kappa shape index (κ3) is 4.21. The van der Waals surface area contributed by atoms with Gasteiger partial charge in [-0.15, -0.1) is 0 Å². The lowest BCUT2D eigenvalue weighted by Crippen LogP contribution is -2.43. The predicted octanol–water partition coefficient (Wildman–Crippen LogP) is 1.28. The first-order chi connectivity index (χ1) is 10.7. The Morgan fingerprint density at radius 2 is 1.96 bits per heavy atom. The molecule has 2 amide bonds. The number of amides is 2. The topological polar surface area (TPSA) is 86.7 Å². The highest BCUT2D eigenvalue weighted by atomic mass is 19.4. The molecule has 0 aromatic heterocycles. The van der Waals surface area contributed by atoms with Crippen molar-refractivity contribution in [1.29, 1.82) is 0 Å². The maximum atomic E-state index is 12.3. The smallest absolute Gasteiger partial charge is 0.406 e. The van der Waals surface area contributed by atoms with Gasteiger partial charge in [-0.2, -0.15) is 13.2 Å². The Bertz CT molecular complexity index is 645. The zero-order chi connectivity index (χ0) is 17.2. The Morgan fingerprint density at radius 3 is 2.57 bits per heavy atom. The van der Waals surface area contributed by atoms with E-state index in [9.17, 15) is 27.6 Å². The zero-order valence-electron chi connectivity index (χ0n) is 11.8. The van der Waals surface area contributed by atoms with E-state index in [4.69, 9.17) is 5.11 Å². The second kappa shape index (κ2) is 6.27. The van der Waals surface area contributed by atoms with Gasteiger partial charge in [0.1, 0.15) is 12.6 Å². The van der Waals surface area contributed by atoms with Crippen LogP contribution >= 0.6 is 0 Å². The second-order valence-electron chi connectivity index (χ2n) is 5.08. The molecule has 2 N–H and O–H groups in total. The van der Waals surface area contributed by atoms with Crippen molar-refractivity contribution < 1.29 is 32.7 Å². The number of nitrogens with one attached hydrogen (secondary N) is 1. The third-order valence-corrected chi connectivity index (χ3v) is 3.34. The number of halogens is 3. The monoisotopic (exact) mass is 330 g/mol. The van der Waals surface area contributed by atoms with E-state index < -0.39 is 36.5 Å². The molecule has 1 aromatic rings.